The lowest BCUT2D eigenvalue weighted by Gasteiger charge is -2.31. The number of ether oxygens (including phenoxy) is 2. The molecule has 0 amide bonds. The fraction of sp³-hybridized carbons (Fsp3) is 0.833. The van der Waals surface area contributed by atoms with Gasteiger partial charge in [0, 0.05) is 13.5 Å². The van der Waals surface area contributed by atoms with Gasteiger partial charge in [0.05, 0.1) is 18.8 Å². The van der Waals surface area contributed by atoms with Gasteiger partial charge >= 0.3 is 5.97 Å². The van der Waals surface area contributed by atoms with Gasteiger partial charge in [0.2, 0.25) is 0 Å². The smallest absolute Gasteiger partial charge is 0.305 e. The number of carbonyl (C=O) groups excluding carboxylic acids is 1. The van der Waals surface area contributed by atoms with E-state index < -0.39 is 0 Å². The molecule has 1 aliphatic carbocycles. The van der Waals surface area contributed by atoms with E-state index in [1.807, 2.05) is 0 Å². The molecule has 1 saturated carbocycles. The number of hydrogen-bond acceptors (Lipinski definition) is 4. The summed E-state index contributed by atoms with van der Waals surface area (Å²) >= 11 is 0. The minimum Gasteiger partial charge on any atom is -0.465 e. The molecule has 128 valence electrons. The van der Waals surface area contributed by atoms with Crippen molar-refractivity contribution in [1.29, 1.82) is 0 Å². The Hall–Kier alpha value is -0.870. The molecule has 1 aliphatic rings. The van der Waals surface area contributed by atoms with E-state index in [1.165, 1.54) is 0 Å². The molecule has 3 unspecified atom stereocenters. The fourth-order valence-electron chi connectivity index (χ4n) is 2.78. The highest BCUT2D eigenvalue weighted by atomic mass is 16.5. The molecular weight excluding hydrogens is 280 g/mol. The van der Waals surface area contributed by atoms with Gasteiger partial charge in [-0.15, -0.1) is 0 Å². The molecule has 22 heavy (non-hydrogen) atoms. The van der Waals surface area contributed by atoms with Crippen molar-refractivity contribution in [3.05, 3.63) is 12.2 Å². The summed E-state index contributed by atoms with van der Waals surface area (Å²) in [6, 6.07) is 0. The van der Waals surface area contributed by atoms with Gasteiger partial charge in [0.25, 0.3) is 0 Å². The Balaban J connectivity index is 2.08. The van der Waals surface area contributed by atoms with E-state index in [1.54, 1.807) is 7.11 Å². The average Bonchev–Trinajstić information content (AvgIpc) is 2.49. The van der Waals surface area contributed by atoms with Crippen molar-refractivity contribution >= 4 is 5.97 Å². The zero-order valence-corrected chi connectivity index (χ0v) is 14.3. The molecular formula is C18H32O4. The van der Waals surface area contributed by atoms with E-state index in [0.29, 0.717) is 24.9 Å². The predicted octanol–water partition coefficient (Wildman–Crippen LogP) is 3.48. The number of allylic oxidation sites excluding steroid dienone is 2. The molecule has 1 N–H and O–H groups in total. The third-order valence-electron chi connectivity index (χ3n) is 4.17. The Morgan fingerprint density at radius 3 is 2.77 bits per heavy atom. The molecule has 1 fully saturated rings. The van der Waals surface area contributed by atoms with Gasteiger partial charge in [-0.25, -0.2) is 0 Å². The predicted molar refractivity (Wildman–Crippen MR) is 87.5 cm³/mol. The second-order valence-corrected chi connectivity index (χ2v) is 6.62. The van der Waals surface area contributed by atoms with Gasteiger partial charge < -0.3 is 14.6 Å². The monoisotopic (exact) mass is 312 g/mol. The van der Waals surface area contributed by atoms with Crippen molar-refractivity contribution < 1.29 is 19.4 Å². The highest BCUT2D eigenvalue weighted by molar-refractivity contribution is 5.69. The van der Waals surface area contributed by atoms with Crippen molar-refractivity contribution in [1.82, 2.24) is 0 Å². The first-order valence-electron chi connectivity index (χ1n) is 8.56. The van der Waals surface area contributed by atoms with Crippen molar-refractivity contribution in [2.24, 2.45) is 11.8 Å². The molecule has 0 heterocycles. The molecule has 0 bridgehead atoms. The lowest BCUT2D eigenvalue weighted by Crippen LogP contribution is -2.36. The normalized spacial score (nSPS) is 25.8. The fourth-order valence-corrected chi connectivity index (χ4v) is 2.78. The summed E-state index contributed by atoms with van der Waals surface area (Å²) in [5.74, 6) is 0.800. The number of aliphatic hydroxyl groups is 1. The van der Waals surface area contributed by atoms with Gasteiger partial charge in [-0.1, -0.05) is 26.0 Å². The number of rotatable bonds is 9. The quantitative estimate of drug-likeness (QED) is 0.402. The van der Waals surface area contributed by atoms with Crippen LogP contribution in [0, 0.1) is 11.8 Å². The minimum atomic E-state index is -0.379. The highest BCUT2D eigenvalue weighted by Gasteiger charge is 2.29. The van der Waals surface area contributed by atoms with E-state index >= 15 is 0 Å². The van der Waals surface area contributed by atoms with Crippen molar-refractivity contribution in [2.75, 3.05) is 13.7 Å². The van der Waals surface area contributed by atoms with Crippen LogP contribution in [0.1, 0.15) is 58.8 Å². The highest BCUT2D eigenvalue weighted by Crippen LogP contribution is 2.26. The summed E-state index contributed by atoms with van der Waals surface area (Å²) in [7, 11) is 1.62. The Morgan fingerprint density at radius 2 is 2.09 bits per heavy atom. The SMILES string of the molecule is COC1CC(COC(=O)CCCC/C=C/C(C)C)CCC1O. The molecule has 0 spiro atoms. The van der Waals surface area contributed by atoms with Gasteiger partial charge in [0.15, 0.2) is 0 Å². The van der Waals surface area contributed by atoms with Gasteiger partial charge in [-0.05, 0) is 50.4 Å². The molecule has 0 aromatic rings. The second kappa shape index (κ2) is 10.8. The number of carbonyl (C=O) groups is 1. The van der Waals surface area contributed by atoms with Gasteiger partial charge in [0.1, 0.15) is 0 Å². The summed E-state index contributed by atoms with van der Waals surface area (Å²) in [4.78, 5) is 11.7. The Bertz CT molecular complexity index is 338. The summed E-state index contributed by atoms with van der Waals surface area (Å²) in [5.41, 5.74) is 0. The van der Waals surface area contributed by atoms with Gasteiger partial charge in [-0.3, -0.25) is 4.79 Å². The Kier molecular flexibility index (Phi) is 9.41. The van der Waals surface area contributed by atoms with Crippen LogP contribution in [0.4, 0.5) is 0 Å². The minimum absolute atomic E-state index is 0.104. The average molecular weight is 312 g/mol. The summed E-state index contributed by atoms with van der Waals surface area (Å²) in [5, 5.41) is 9.75. The lowest BCUT2D eigenvalue weighted by molar-refractivity contribution is -0.146. The summed E-state index contributed by atoms with van der Waals surface area (Å²) < 4.78 is 10.6. The largest absolute Gasteiger partial charge is 0.465 e. The van der Waals surface area contributed by atoms with Crippen LogP contribution in [-0.2, 0) is 14.3 Å². The second-order valence-electron chi connectivity index (χ2n) is 6.62. The van der Waals surface area contributed by atoms with Crippen molar-refractivity contribution in [3.63, 3.8) is 0 Å². The molecule has 0 aromatic carbocycles. The maximum Gasteiger partial charge on any atom is 0.305 e. The molecule has 0 saturated heterocycles. The van der Waals surface area contributed by atoms with E-state index in [-0.39, 0.29) is 18.2 Å². The first-order valence-corrected chi connectivity index (χ1v) is 8.56. The van der Waals surface area contributed by atoms with E-state index in [9.17, 15) is 9.90 Å². The molecule has 0 radical (unpaired) electrons. The molecule has 4 heteroatoms. The van der Waals surface area contributed by atoms with E-state index in [2.05, 4.69) is 26.0 Å². The van der Waals surface area contributed by atoms with E-state index in [0.717, 1.165) is 38.5 Å². The lowest BCUT2D eigenvalue weighted by atomic mass is 9.86. The first-order chi connectivity index (χ1) is 10.5. The van der Waals surface area contributed by atoms with Crippen molar-refractivity contribution in [2.45, 2.75) is 71.0 Å². The first kappa shape index (κ1) is 19.2. The topological polar surface area (TPSA) is 55.8 Å². The molecule has 4 nitrogen and oxygen atoms in total. The zero-order valence-electron chi connectivity index (χ0n) is 14.3. The van der Waals surface area contributed by atoms with Crippen LogP contribution in [0.2, 0.25) is 0 Å². The Morgan fingerprint density at radius 1 is 1.32 bits per heavy atom. The van der Waals surface area contributed by atoms with Crippen LogP contribution in [0.25, 0.3) is 0 Å². The molecule has 0 aliphatic heterocycles. The maximum absolute atomic E-state index is 11.7. The summed E-state index contributed by atoms with van der Waals surface area (Å²) in [6.45, 7) is 4.77. The van der Waals surface area contributed by atoms with Crippen LogP contribution < -0.4 is 0 Å². The van der Waals surface area contributed by atoms with Crippen LogP contribution in [-0.4, -0.2) is 37.0 Å². The number of esters is 1. The molecule has 1 rings (SSSR count). The third kappa shape index (κ3) is 7.95. The number of hydrogen-bond donors (Lipinski definition) is 1. The number of unbranched alkanes of at least 4 members (excludes halogenated alkanes) is 2. The van der Waals surface area contributed by atoms with Crippen LogP contribution in [0.3, 0.4) is 0 Å². The molecule has 3 atom stereocenters. The standard InChI is InChI=1S/C18H32O4/c1-14(2)8-6-4-5-7-9-18(20)22-13-15-10-11-16(19)17(12-15)21-3/h6,8,14-17,19H,4-5,7,9-13H2,1-3H3/b8-6+. The maximum atomic E-state index is 11.7. The van der Waals surface area contributed by atoms with Crippen LogP contribution in [0.5, 0.6) is 0 Å². The van der Waals surface area contributed by atoms with E-state index in [4.69, 9.17) is 9.47 Å². The zero-order chi connectivity index (χ0) is 16.4. The third-order valence-corrected chi connectivity index (χ3v) is 4.17. The van der Waals surface area contributed by atoms with Gasteiger partial charge in [-0.2, -0.15) is 0 Å². The van der Waals surface area contributed by atoms with Crippen LogP contribution in [0.15, 0.2) is 12.2 Å². The number of methoxy groups -OCH3 is 1. The molecule has 0 aromatic heterocycles. The Labute approximate surface area is 134 Å². The number of aliphatic hydroxyl groups excluding tert-OH is 1. The summed E-state index contributed by atoms with van der Waals surface area (Å²) in [6.07, 6.45) is 9.71. The van der Waals surface area contributed by atoms with Crippen molar-refractivity contribution in [3.8, 4) is 0 Å². The van der Waals surface area contributed by atoms with Crippen LogP contribution >= 0.6 is 0 Å².